The maximum atomic E-state index is 11.1. The lowest BCUT2D eigenvalue weighted by Crippen LogP contribution is -2.00. The van der Waals surface area contributed by atoms with E-state index < -0.39 is 4.92 Å². The second-order valence-corrected chi connectivity index (χ2v) is 5.03. The molecule has 0 unspecified atom stereocenters. The average Bonchev–Trinajstić information content (AvgIpc) is 2.57. The van der Waals surface area contributed by atoms with Crippen LogP contribution in [0.5, 0.6) is 0 Å². The summed E-state index contributed by atoms with van der Waals surface area (Å²) in [7, 11) is 0. The molecule has 3 aromatic rings. The van der Waals surface area contributed by atoms with Crippen molar-refractivity contribution in [3.63, 3.8) is 0 Å². The summed E-state index contributed by atoms with van der Waals surface area (Å²) in [5.41, 5.74) is 3.67. The maximum Gasteiger partial charge on any atom is 0.387 e. The Kier molecular flexibility index (Phi) is 3.97. The molecule has 114 valence electrons. The lowest BCUT2D eigenvalue weighted by molar-refractivity contribution is -0.388. The molecule has 0 radical (unpaired) electrons. The minimum Gasteiger partial charge on any atom is -0.358 e. The van der Waals surface area contributed by atoms with Gasteiger partial charge in [0.05, 0.1) is 0 Å². The SMILES string of the molecule is Cc1ccc(Nc2cccc(-c3cccnc3)c2)c([N+](=O)[O-])n1. The normalized spacial score (nSPS) is 10.3. The van der Waals surface area contributed by atoms with E-state index in [9.17, 15) is 10.1 Å². The Hall–Kier alpha value is -3.28. The summed E-state index contributed by atoms with van der Waals surface area (Å²) in [5.74, 6) is -0.184. The summed E-state index contributed by atoms with van der Waals surface area (Å²) in [6.07, 6.45) is 3.49. The molecule has 0 saturated heterocycles. The van der Waals surface area contributed by atoms with E-state index >= 15 is 0 Å². The number of aryl methyl sites for hydroxylation is 1. The van der Waals surface area contributed by atoms with Crippen LogP contribution < -0.4 is 5.32 Å². The topological polar surface area (TPSA) is 81.0 Å². The van der Waals surface area contributed by atoms with E-state index in [0.29, 0.717) is 11.4 Å². The zero-order valence-electron chi connectivity index (χ0n) is 12.4. The first-order valence-corrected chi connectivity index (χ1v) is 7.03. The van der Waals surface area contributed by atoms with E-state index in [1.54, 1.807) is 31.5 Å². The molecule has 0 bridgehead atoms. The Labute approximate surface area is 133 Å². The number of nitrogens with zero attached hydrogens (tertiary/aromatic N) is 3. The summed E-state index contributed by atoms with van der Waals surface area (Å²) in [4.78, 5) is 18.7. The van der Waals surface area contributed by atoms with Gasteiger partial charge in [0.25, 0.3) is 0 Å². The number of nitro groups is 1. The number of aromatic nitrogens is 2. The van der Waals surface area contributed by atoms with Crippen molar-refractivity contribution in [2.45, 2.75) is 6.92 Å². The van der Waals surface area contributed by atoms with Gasteiger partial charge in [-0.3, -0.25) is 4.98 Å². The zero-order valence-corrected chi connectivity index (χ0v) is 12.4. The summed E-state index contributed by atoms with van der Waals surface area (Å²) in [5, 5.41) is 14.2. The first-order chi connectivity index (χ1) is 11.1. The van der Waals surface area contributed by atoms with E-state index in [1.165, 1.54) is 0 Å². The third kappa shape index (κ3) is 3.32. The highest BCUT2D eigenvalue weighted by Gasteiger charge is 2.16. The number of hydrogen-bond acceptors (Lipinski definition) is 5. The van der Waals surface area contributed by atoms with Crippen molar-refractivity contribution >= 4 is 17.2 Å². The number of benzene rings is 1. The van der Waals surface area contributed by atoms with Gasteiger partial charge in [-0.15, -0.1) is 0 Å². The van der Waals surface area contributed by atoms with Crippen molar-refractivity contribution in [3.8, 4) is 11.1 Å². The molecule has 0 atom stereocenters. The highest BCUT2D eigenvalue weighted by atomic mass is 16.6. The predicted octanol–water partition coefficient (Wildman–Crippen LogP) is 4.10. The minimum absolute atomic E-state index is 0.184. The molecule has 0 saturated carbocycles. The van der Waals surface area contributed by atoms with Crippen LogP contribution in [0.25, 0.3) is 11.1 Å². The van der Waals surface area contributed by atoms with Gasteiger partial charge in [0.1, 0.15) is 11.4 Å². The van der Waals surface area contributed by atoms with Gasteiger partial charge in [0, 0.05) is 30.6 Å². The van der Waals surface area contributed by atoms with Gasteiger partial charge in [0.15, 0.2) is 0 Å². The molecule has 1 N–H and O–H groups in total. The standard InChI is InChI=1S/C17H14N4O2/c1-12-7-8-16(17(19-12)21(22)23)20-15-6-2-4-13(10-15)14-5-3-9-18-11-14/h2-11,20H,1H3. The molecule has 0 aliphatic rings. The Morgan fingerprint density at radius 1 is 1.09 bits per heavy atom. The molecular formula is C17H14N4O2. The van der Waals surface area contributed by atoms with Crippen molar-refractivity contribution in [2.75, 3.05) is 5.32 Å². The van der Waals surface area contributed by atoms with Crippen LogP contribution in [-0.2, 0) is 0 Å². The largest absolute Gasteiger partial charge is 0.387 e. The average molecular weight is 306 g/mol. The molecule has 0 aliphatic heterocycles. The van der Waals surface area contributed by atoms with Crippen LogP contribution in [0.4, 0.5) is 17.2 Å². The van der Waals surface area contributed by atoms with Gasteiger partial charge in [0.2, 0.25) is 0 Å². The van der Waals surface area contributed by atoms with Crippen molar-refractivity contribution in [1.82, 2.24) is 9.97 Å². The van der Waals surface area contributed by atoms with E-state index in [-0.39, 0.29) is 5.82 Å². The quantitative estimate of drug-likeness (QED) is 0.579. The van der Waals surface area contributed by atoms with E-state index in [1.807, 2.05) is 36.4 Å². The van der Waals surface area contributed by atoms with Crippen molar-refractivity contribution in [3.05, 3.63) is 76.7 Å². The number of anilines is 2. The lowest BCUT2D eigenvalue weighted by atomic mass is 10.1. The van der Waals surface area contributed by atoms with Gasteiger partial charge in [-0.2, -0.15) is 0 Å². The van der Waals surface area contributed by atoms with Crippen molar-refractivity contribution < 1.29 is 4.92 Å². The Morgan fingerprint density at radius 2 is 1.91 bits per heavy atom. The van der Waals surface area contributed by atoms with Crippen LogP contribution in [-0.4, -0.2) is 14.9 Å². The molecule has 0 fully saturated rings. The van der Waals surface area contributed by atoms with Crippen LogP contribution in [0.3, 0.4) is 0 Å². The monoisotopic (exact) mass is 306 g/mol. The summed E-state index contributed by atoms with van der Waals surface area (Å²) >= 11 is 0. The Morgan fingerprint density at radius 3 is 2.65 bits per heavy atom. The molecule has 0 amide bonds. The predicted molar refractivity (Wildman–Crippen MR) is 88.6 cm³/mol. The molecule has 3 rings (SSSR count). The second-order valence-electron chi connectivity index (χ2n) is 5.03. The molecule has 2 heterocycles. The number of nitrogens with one attached hydrogen (secondary N) is 1. The molecule has 6 heteroatoms. The molecule has 1 aromatic carbocycles. The van der Waals surface area contributed by atoms with Crippen LogP contribution >= 0.6 is 0 Å². The van der Waals surface area contributed by atoms with Crippen LogP contribution in [0.2, 0.25) is 0 Å². The molecule has 23 heavy (non-hydrogen) atoms. The van der Waals surface area contributed by atoms with E-state index in [0.717, 1.165) is 16.8 Å². The van der Waals surface area contributed by atoms with E-state index in [4.69, 9.17) is 0 Å². The minimum atomic E-state index is -0.486. The fourth-order valence-electron chi connectivity index (χ4n) is 2.25. The molecule has 0 spiro atoms. The van der Waals surface area contributed by atoms with Crippen LogP contribution in [0, 0.1) is 17.0 Å². The first kappa shape index (κ1) is 14.6. The number of rotatable bonds is 4. The van der Waals surface area contributed by atoms with Gasteiger partial charge < -0.3 is 15.4 Å². The molecular weight excluding hydrogens is 292 g/mol. The van der Waals surface area contributed by atoms with Gasteiger partial charge in [-0.05, 0) is 45.8 Å². The molecule has 6 nitrogen and oxygen atoms in total. The number of pyridine rings is 2. The van der Waals surface area contributed by atoms with Gasteiger partial charge in [-0.1, -0.05) is 18.2 Å². The maximum absolute atomic E-state index is 11.1. The van der Waals surface area contributed by atoms with Crippen molar-refractivity contribution in [1.29, 1.82) is 0 Å². The Bertz CT molecular complexity index is 850. The summed E-state index contributed by atoms with van der Waals surface area (Å²) < 4.78 is 0. The zero-order chi connectivity index (χ0) is 16.2. The fourth-order valence-corrected chi connectivity index (χ4v) is 2.25. The van der Waals surface area contributed by atoms with Gasteiger partial charge >= 0.3 is 5.82 Å². The van der Waals surface area contributed by atoms with Crippen molar-refractivity contribution in [2.24, 2.45) is 0 Å². The third-order valence-corrected chi connectivity index (χ3v) is 3.32. The smallest absolute Gasteiger partial charge is 0.358 e. The summed E-state index contributed by atoms with van der Waals surface area (Å²) in [6.45, 7) is 1.72. The van der Waals surface area contributed by atoms with Crippen LogP contribution in [0.15, 0.2) is 60.9 Å². The molecule has 2 aromatic heterocycles. The number of hydrogen-bond donors (Lipinski definition) is 1. The first-order valence-electron chi connectivity index (χ1n) is 7.03. The second kappa shape index (κ2) is 6.23. The Balaban J connectivity index is 1.94. The molecule has 0 aliphatic carbocycles. The highest BCUT2D eigenvalue weighted by molar-refractivity contribution is 5.72. The van der Waals surface area contributed by atoms with E-state index in [2.05, 4.69) is 15.3 Å². The highest BCUT2D eigenvalue weighted by Crippen LogP contribution is 2.28. The summed E-state index contributed by atoms with van der Waals surface area (Å²) in [6, 6.07) is 14.8. The van der Waals surface area contributed by atoms with Crippen LogP contribution in [0.1, 0.15) is 5.69 Å². The third-order valence-electron chi connectivity index (χ3n) is 3.32. The van der Waals surface area contributed by atoms with Gasteiger partial charge in [-0.25, -0.2) is 0 Å². The lowest BCUT2D eigenvalue weighted by Gasteiger charge is -2.09. The fraction of sp³-hybridized carbons (Fsp3) is 0.0588.